The summed E-state index contributed by atoms with van der Waals surface area (Å²) in [7, 11) is -2.86. The van der Waals surface area contributed by atoms with Crippen molar-refractivity contribution in [3.05, 3.63) is 0 Å². The predicted molar refractivity (Wildman–Crippen MR) is 68.3 cm³/mol. The maximum atomic E-state index is 11.2. The first kappa shape index (κ1) is 15.9. The smallest absolute Gasteiger partial charge is 0.150 e. The average molecular weight is 250 g/mol. The van der Waals surface area contributed by atoms with Gasteiger partial charge in [-0.2, -0.15) is 0 Å². The van der Waals surface area contributed by atoms with E-state index in [4.69, 9.17) is 0 Å². The van der Waals surface area contributed by atoms with Gasteiger partial charge in [0.05, 0.1) is 11.9 Å². The molecule has 0 saturated carbocycles. The van der Waals surface area contributed by atoms with Crippen molar-refractivity contribution in [1.29, 1.82) is 0 Å². The Morgan fingerprint density at radius 2 is 1.62 bits per heavy atom. The molecule has 0 amide bonds. The zero-order valence-electron chi connectivity index (χ0n) is 10.6. The summed E-state index contributed by atoms with van der Waals surface area (Å²) in [6, 6.07) is 0. The first-order valence-corrected chi connectivity index (χ1v) is 8.22. The lowest BCUT2D eigenvalue weighted by Gasteiger charge is -2.09. The van der Waals surface area contributed by atoms with Crippen LogP contribution in [-0.2, 0) is 9.84 Å². The summed E-state index contributed by atoms with van der Waals surface area (Å²) in [6.07, 6.45) is 6.34. The van der Waals surface area contributed by atoms with E-state index in [0.717, 1.165) is 12.8 Å². The zero-order chi connectivity index (χ0) is 12.4. The average Bonchev–Trinajstić information content (AvgIpc) is 2.24. The summed E-state index contributed by atoms with van der Waals surface area (Å²) < 4.78 is 22.4. The molecule has 0 radical (unpaired) electrons. The van der Waals surface area contributed by atoms with Crippen LogP contribution in [0.25, 0.3) is 0 Å². The van der Waals surface area contributed by atoms with E-state index in [0.29, 0.717) is 12.8 Å². The summed E-state index contributed by atoms with van der Waals surface area (Å²) in [5, 5.41) is 9.62. The Hall–Kier alpha value is -0.0900. The van der Waals surface area contributed by atoms with Gasteiger partial charge in [0, 0.05) is 5.75 Å². The Morgan fingerprint density at radius 1 is 1.00 bits per heavy atom. The minimum atomic E-state index is -2.86. The lowest BCUT2D eigenvalue weighted by atomic mass is 10.1. The summed E-state index contributed by atoms with van der Waals surface area (Å²) in [6.45, 7) is 3.82. The Labute approximate surface area is 100 Å². The third kappa shape index (κ3) is 9.16. The number of sulfone groups is 1. The normalized spacial score (nSPS) is 13.9. The van der Waals surface area contributed by atoms with Gasteiger partial charge in [-0.3, -0.25) is 0 Å². The molecule has 0 saturated heterocycles. The van der Waals surface area contributed by atoms with Crippen LogP contribution in [0, 0.1) is 0 Å². The van der Waals surface area contributed by atoms with E-state index in [1.165, 1.54) is 19.3 Å². The first-order chi connectivity index (χ1) is 7.52. The highest BCUT2D eigenvalue weighted by molar-refractivity contribution is 7.91. The number of hydrogen-bond acceptors (Lipinski definition) is 3. The number of unbranched alkanes of at least 4 members (excludes halogenated alkanes) is 3. The third-order valence-corrected chi connectivity index (χ3v) is 4.61. The largest absolute Gasteiger partial charge is 0.393 e. The molecule has 1 unspecified atom stereocenters. The standard InChI is InChI=1S/C12H26O3S/c1-3-5-6-7-9-12(13)10-8-11-16(14,15)4-2/h12-13H,3-11H2,1-2H3. The molecule has 0 aliphatic carbocycles. The van der Waals surface area contributed by atoms with Crippen molar-refractivity contribution in [2.45, 2.75) is 64.9 Å². The predicted octanol–water partition coefficient (Wildman–Crippen LogP) is 2.53. The minimum absolute atomic E-state index is 0.208. The van der Waals surface area contributed by atoms with Gasteiger partial charge in [-0.25, -0.2) is 8.42 Å². The molecule has 1 N–H and O–H groups in total. The van der Waals surface area contributed by atoms with Crippen LogP contribution in [0.5, 0.6) is 0 Å². The maximum Gasteiger partial charge on any atom is 0.150 e. The second-order valence-corrected chi connectivity index (χ2v) is 6.85. The van der Waals surface area contributed by atoms with E-state index < -0.39 is 9.84 Å². The van der Waals surface area contributed by atoms with Crippen LogP contribution in [0.4, 0.5) is 0 Å². The molecule has 16 heavy (non-hydrogen) atoms. The molecule has 0 aromatic rings. The van der Waals surface area contributed by atoms with E-state index in [-0.39, 0.29) is 17.6 Å². The van der Waals surface area contributed by atoms with Gasteiger partial charge in [-0.15, -0.1) is 0 Å². The molecular formula is C12H26O3S. The molecule has 0 aliphatic rings. The van der Waals surface area contributed by atoms with Crippen LogP contribution in [0.3, 0.4) is 0 Å². The minimum Gasteiger partial charge on any atom is -0.393 e. The summed E-state index contributed by atoms with van der Waals surface area (Å²) in [5.74, 6) is 0.426. The van der Waals surface area contributed by atoms with Gasteiger partial charge < -0.3 is 5.11 Å². The van der Waals surface area contributed by atoms with Gasteiger partial charge in [0.15, 0.2) is 0 Å². The van der Waals surface area contributed by atoms with Crippen LogP contribution in [0.2, 0.25) is 0 Å². The monoisotopic (exact) mass is 250 g/mol. The first-order valence-electron chi connectivity index (χ1n) is 6.40. The van der Waals surface area contributed by atoms with E-state index in [1.807, 2.05) is 0 Å². The van der Waals surface area contributed by atoms with Crippen LogP contribution >= 0.6 is 0 Å². The fourth-order valence-corrected chi connectivity index (χ4v) is 2.53. The number of aliphatic hydroxyl groups excluding tert-OH is 1. The SMILES string of the molecule is CCCCCCC(O)CCCS(=O)(=O)CC. The molecule has 0 rings (SSSR count). The maximum absolute atomic E-state index is 11.2. The summed E-state index contributed by atoms with van der Waals surface area (Å²) in [4.78, 5) is 0. The van der Waals surface area contributed by atoms with Gasteiger partial charge in [0.25, 0.3) is 0 Å². The number of rotatable bonds is 10. The Balaban J connectivity index is 3.47. The molecule has 0 bridgehead atoms. The fourth-order valence-electron chi connectivity index (χ4n) is 1.63. The van der Waals surface area contributed by atoms with Gasteiger partial charge in [0.2, 0.25) is 0 Å². The molecule has 0 fully saturated rings. The van der Waals surface area contributed by atoms with Crippen LogP contribution in [0.1, 0.15) is 58.8 Å². The van der Waals surface area contributed by atoms with Crippen molar-refractivity contribution in [3.63, 3.8) is 0 Å². The second kappa shape index (κ2) is 8.99. The molecule has 98 valence electrons. The Morgan fingerprint density at radius 3 is 2.19 bits per heavy atom. The van der Waals surface area contributed by atoms with Crippen molar-refractivity contribution >= 4 is 9.84 Å². The topological polar surface area (TPSA) is 54.4 Å². The second-order valence-electron chi connectivity index (χ2n) is 4.38. The molecule has 0 aromatic heterocycles. The number of aliphatic hydroxyl groups is 1. The van der Waals surface area contributed by atoms with Gasteiger partial charge >= 0.3 is 0 Å². The van der Waals surface area contributed by atoms with Crippen LogP contribution in [0.15, 0.2) is 0 Å². The third-order valence-electron chi connectivity index (χ3n) is 2.82. The summed E-state index contributed by atoms with van der Waals surface area (Å²) >= 11 is 0. The molecule has 4 heteroatoms. The van der Waals surface area contributed by atoms with Crippen molar-refractivity contribution < 1.29 is 13.5 Å². The Kier molecular flexibility index (Phi) is 8.94. The highest BCUT2D eigenvalue weighted by Gasteiger charge is 2.09. The van der Waals surface area contributed by atoms with Crippen LogP contribution < -0.4 is 0 Å². The van der Waals surface area contributed by atoms with Crippen molar-refractivity contribution in [2.24, 2.45) is 0 Å². The molecule has 0 spiro atoms. The fraction of sp³-hybridized carbons (Fsp3) is 1.00. The lowest BCUT2D eigenvalue weighted by molar-refractivity contribution is 0.150. The molecule has 0 heterocycles. The van der Waals surface area contributed by atoms with Gasteiger partial charge in [0.1, 0.15) is 9.84 Å². The van der Waals surface area contributed by atoms with E-state index in [2.05, 4.69) is 6.92 Å². The zero-order valence-corrected chi connectivity index (χ0v) is 11.4. The Bertz CT molecular complexity index is 247. The molecule has 1 atom stereocenters. The van der Waals surface area contributed by atoms with Gasteiger partial charge in [-0.1, -0.05) is 39.5 Å². The molecule has 0 aliphatic heterocycles. The lowest BCUT2D eigenvalue weighted by Crippen LogP contribution is -2.12. The van der Waals surface area contributed by atoms with E-state index in [1.54, 1.807) is 6.92 Å². The van der Waals surface area contributed by atoms with E-state index in [9.17, 15) is 13.5 Å². The van der Waals surface area contributed by atoms with Crippen molar-refractivity contribution in [1.82, 2.24) is 0 Å². The highest BCUT2D eigenvalue weighted by atomic mass is 32.2. The molecule has 0 aromatic carbocycles. The summed E-state index contributed by atoms with van der Waals surface area (Å²) in [5.41, 5.74) is 0. The number of hydrogen-bond donors (Lipinski definition) is 1. The van der Waals surface area contributed by atoms with Crippen molar-refractivity contribution in [2.75, 3.05) is 11.5 Å². The molecule has 3 nitrogen and oxygen atoms in total. The van der Waals surface area contributed by atoms with E-state index >= 15 is 0 Å². The van der Waals surface area contributed by atoms with Crippen molar-refractivity contribution in [3.8, 4) is 0 Å². The highest BCUT2D eigenvalue weighted by Crippen LogP contribution is 2.10. The molecular weight excluding hydrogens is 224 g/mol. The van der Waals surface area contributed by atoms with Gasteiger partial charge in [-0.05, 0) is 19.3 Å². The quantitative estimate of drug-likeness (QED) is 0.606. The van der Waals surface area contributed by atoms with Crippen LogP contribution in [-0.4, -0.2) is 31.1 Å².